The number of aryl methyl sites for hydroxylation is 1. The van der Waals surface area contributed by atoms with Crippen molar-refractivity contribution in [3.05, 3.63) is 23.3 Å². The first-order valence-electron chi connectivity index (χ1n) is 11.8. The van der Waals surface area contributed by atoms with Gasteiger partial charge in [0.25, 0.3) is 11.8 Å². The summed E-state index contributed by atoms with van der Waals surface area (Å²) in [6.45, 7) is 11.6. The number of rotatable bonds is 6. The first kappa shape index (κ1) is 24.1. The number of nitrogens with zero attached hydrogens (tertiary/aromatic N) is 2. The van der Waals surface area contributed by atoms with E-state index in [1.807, 2.05) is 17.9 Å². The molecule has 32 heavy (non-hydrogen) atoms. The van der Waals surface area contributed by atoms with Crippen molar-refractivity contribution >= 4 is 23.4 Å². The van der Waals surface area contributed by atoms with Crippen molar-refractivity contribution in [2.45, 2.75) is 91.3 Å². The van der Waals surface area contributed by atoms with E-state index in [0.29, 0.717) is 30.1 Å². The number of nitrogens with one attached hydrogen (secondary N) is 1. The molecule has 0 atom stereocenters. The lowest BCUT2D eigenvalue weighted by atomic mass is 9.92. The monoisotopic (exact) mass is 443 g/mol. The predicted octanol–water partition coefficient (Wildman–Crippen LogP) is 3.82. The highest BCUT2D eigenvalue weighted by molar-refractivity contribution is 6.05. The van der Waals surface area contributed by atoms with Crippen LogP contribution in [0.25, 0.3) is 0 Å². The second-order valence-electron chi connectivity index (χ2n) is 9.78. The molecule has 0 radical (unpaired) electrons. The Balaban J connectivity index is 1.98. The molecule has 0 bridgehead atoms. The Hall–Kier alpha value is -2.57. The molecule has 176 valence electrons. The van der Waals surface area contributed by atoms with Crippen molar-refractivity contribution in [3.63, 3.8) is 0 Å². The summed E-state index contributed by atoms with van der Waals surface area (Å²) in [5.74, 6) is 0.252. The Morgan fingerprint density at radius 2 is 1.88 bits per heavy atom. The van der Waals surface area contributed by atoms with Crippen molar-refractivity contribution < 1.29 is 19.1 Å². The maximum Gasteiger partial charge on any atom is 0.270 e. The number of fused-ring (bicyclic) bond motifs is 1. The molecule has 1 aromatic rings. The maximum absolute atomic E-state index is 13.7. The SMILES string of the molecule is CC(=O)NCCN1C(=O)C(C)(C)Oc2cc(C)c(C(=O)N(C(C)C)C3CCCCC3)cc21. The third-order valence-electron chi connectivity index (χ3n) is 6.42. The summed E-state index contributed by atoms with van der Waals surface area (Å²) in [6, 6.07) is 4.00. The van der Waals surface area contributed by atoms with Crippen molar-refractivity contribution in [1.82, 2.24) is 10.2 Å². The van der Waals surface area contributed by atoms with E-state index in [0.717, 1.165) is 31.2 Å². The molecule has 3 amide bonds. The molecule has 7 nitrogen and oxygen atoms in total. The molecular weight excluding hydrogens is 406 g/mol. The van der Waals surface area contributed by atoms with Crippen LogP contribution in [0, 0.1) is 6.92 Å². The second-order valence-corrected chi connectivity index (χ2v) is 9.78. The van der Waals surface area contributed by atoms with Crippen LogP contribution in [-0.2, 0) is 9.59 Å². The lowest BCUT2D eigenvalue weighted by Crippen LogP contribution is -2.54. The summed E-state index contributed by atoms with van der Waals surface area (Å²) < 4.78 is 6.03. The summed E-state index contributed by atoms with van der Waals surface area (Å²) in [5.41, 5.74) is 1.000. The quantitative estimate of drug-likeness (QED) is 0.725. The lowest BCUT2D eigenvalue weighted by Gasteiger charge is -2.40. The molecule has 1 N–H and O–H groups in total. The van der Waals surface area contributed by atoms with Crippen LogP contribution >= 0.6 is 0 Å². The topological polar surface area (TPSA) is 79.0 Å². The number of hydrogen-bond donors (Lipinski definition) is 1. The van der Waals surface area contributed by atoms with Gasteiger partial charge in [0.15, 0.2) is 5.60 Å². The molecule has 0 aromatic heterocycles. The molecular formula is C25H37N3O4. The van der Waals surface area contributed by atoms with Gasteiger partial charge in [-0.25, -0.2) is 0 Å². The number of carbonyl (C=O) groups is 3. The average molecular weight is 444 g/mol. The first-order chi connectivity index (χ1) is 15.0. The van der Waals surface area contributed by atoms with Gasteiger partial charge < -0.3 is 19.9 Å². The van der Waals surface area contributed by atoms with Crippen molar-refractivity contribution in [2.24, 2.45) is 0 Å². The minimum Gasteiger partial charge on any atom is -0.476 e. The van der Waals surface area contributed by atoms with Crippen LogP contribution in [0.2, 0.25) is 0 Å². The van der Waals surface area contributed by atoms with Gasteiger partial charge in [0.2, 0.25) is 5.91 Å². The van der Waals surface area contributed by atoms with E-state index in [1.54, 1.807) is 24.8 Å². The highest BCUT2D eigenvalue weighted by Gasteiger charge is 2.41. The number of ether oxygens (including phenoxy) is 1. The molecule has 3 rings (SSSR count). The summed E-state index contributed by atoms with van der Waals surface area (Å²) in [5, 5.41) is 2.75. The zero-order valence-electron chi connectivity index (χ0n) is 20.3. The van der Waals surface area contributed by atoms with E-state index < -0.39 is 5.60 Å². The molecule has 0 spiro atoms. The zero-order chi connectivity index (χ0) is 23.6. The molecule has 0 saturated heterocycles. The molecule has 0 unspecified atom stereocenters. The smallest absolute Gasteiger partial charge is 0.270 e. The fourth-order valence-electron chi connectivity index (χ4n) is 4.83. The minimum atomic E-state index is -1.02. The Morgan fingerprint density at radius 3 is 2.47 bits per heavy atom. The second kappa shape index (κ2) is 9.51. The minimum absolute atomic E-state index is 0.00583. The molecule has 1 saturated carbocycles. The molecule has 1 aliphatic heterocycles. The molecule has 2 aliphatic rings. The van der Waals surface area contributed by atoms with Gasteiger partial charge in [-0.15, -0.1) is 0 Å². The Labute approximate surface area is 191 Å². The number of anilines is 1. The van der Waals surface area contributed by atoms with Gasteiger partial charge in [-0.05, 0) is 65.2 Å². The Bertz CT molecular complexity index is 887. The lowest BCUT2D eigenvalue weighted by molar-refractivity contribution is -0.132. The van der Waals surface area contributed by atoms with Crippen LogP contribution in [0.15, 0.2) is 12.1 Å². The molecule has 1 aliphatic carbocycles. The van der Waals surface area contributed by atoms with Crippen LogP contribution < -0.4 is 15.0 Å². The number of hydrogen-bond acceptors (Lipinski definition) is 4. The van der Waals surface area contributed by atoms with Gasteiger partial charge in [-0.3, -0.25) is 14.4 Å². The summed E-state index contributed by atoms with van der Waals surface area (Å²) >= 11 is 0. The number of benzene rings is 1. The fraction of sp³-hybridized carbons (Fsp3) is 0.640. The van der Waals surface area contributed by atoms with E-state index in [2.05, 4.69) is 19.2 Å². The van der Waals surface area contributed by atoms with Crippen LogP contribution in [-0.4, -0.2) is 53.4 Å². The van der Waals surface area contributed by atoms with E-state index in [9.17, 15) is 14.4 Å². The van der Waals surface area contributed by atoms with E-state index >= 15 is 0 Å². The Kier molecular flexibility index (Phi) is 7.16. The van der Waals surface area contributed by atoms with Gasteiger partial charge in [0.05, 0.1) is 5.69 Å². The highest BCUT2D eigenvalue weighted by atomic mass is 16.5. The predicted molar refractivity (Wildman–Crippen MR) is 125 cm³/mol. The highest BCUT2D eigenvalue weighted by Crippen LogP contribution is 2.40. The standard InChI is InChI=1S/C25H37N3O4/c1-16(2)28(19-10-8-7-9-11-19)23(30)20-15-21-22(14-17(20)3)32-25(5,6)24(31)27(21)13-12-26-18(4)29/h14-16,19H,7-13H2,1-6H3,(H,26,29). The Morgan fingerprint density at radius 1 is 1.22 bits per heavy atom. The van der Waals surface area contributed by atoms with Crippen molar-refractivity contribution in [3.8, 4) is 5.75 Å². The van der Waals surface area contributed by atoms with Crippen molar-refractivity contribution in [2.75, 3.05) is 18.0 Å². The molecule has 1 fully saturated rings. The third kappa shape index (κ3) is 4.92. The van der Waals surface area contributed by atoms with E-state index in [-0.39, 0.29) is 29.8 Å². The number of amides is 3. The molecule has 1 aromatic carbocycles. The summed E-state index contributed by atoms with van der Waals surface area (Å²) in [7, 11) is 0. The van der Waals surface area contributed by atoms with E-state index in [4.69, 9.17) is 4.74 Å². The molecule has 7 heteroatoms. The van der Waals surface area contributed by atoms with Gasteiger partial charge in [0.1, 0.15) is 5.75 Å². The largest absolute Gasteiger partial charge is 0.476 e. The summed E-state index contributed by atoms with van der Waals surface area (Å²) in [4.78, 5) is 41.8. The molecule has 1 heterocycles. The van der Waals surface area contributed by atoms with Crippen molar-refractivity contribution in [1.29, 1.82) is 0 Å². The third-order valence-corrected chi connectivity index (χ3v) is 6.42. The maximum atomic E-state index is 13.7. The van der Waals surface area contributed by atoms with Crippen LogP contribution in [0.1, 0.15) is 82.6 Å². The summed E-state index contributed by atoms with van der Waals surface area (Å²) in [6.07, 6.45) is 5.60. The van der Waals surface area contributed by atoms with Crippen LogP contribution in [0.4, 0.5) is 5.69 Å². The van der Waals surface area contributed by atoms with Crippen LogP contribution in [0.5, 0.6) is 5.75 Å². The van der Waals surface area contributed by atoms with Gasteiger partial charge in [-0.2, -0.15) is 0 Å². The number of carbonyl (C=O) groups excluding carboxylic acids is 3. The fourth-order valence-corrected chi connectivity index (χ4v) is 4.83. The van der Waals surface area contributed by atoms with Gasteiger partial charge >= 0.3 is 0 Å². The average Bonchev–Trinajstić information content (AvgIpc) is 2.70. The zero-order valence-corrected chi connectivity index (χ0v) is 20.3. The van der Waals surface area contributed by atoms with Gasteiger partial charge in [-0.1, -0.05) is 19.3 Å². The van der Waals surface area contributed by atoms with Gasteiger partial charge in [0, 0.05) is 37.7 Å². The van der Waals surface area contributed by atoms with E-state index in [1.165, 1.54) is 13.3 Å². The normalized spacial score (nSPS) is 18.2. The van der Waals surface area contributed by atoms with Crippen LogP contribution in [0.3, 0.4) is 0 Å². The first-order valence-corrected chi connectivity index (χ1v) is 11.8.